The molecule has 1 aromatic carbocycles. The molecule has 0 spiro atoms. The van der Waals surface area contributed by atoms with Gasteiger partial charge in [0.25, 0.3) is 5.91 Å². The summed E-state index contributed by atoms with van der Waals surface area (Å²) in [5.41, 5.74) is 0.0390. The molecule has 0 radical (unpaired) electrons. The van der Waals surface area contributed by atoms with Gasteiger partial charge in [0.1, 0.15) is 17.6 Å². The average molecular weight is 320 g/mol. The first-order valence-corrected chi connectivity index (χ1v) is 7.23. The van der Waals surface area contributed by atoms with Gasteiger partial charge in [-0.15, -0.1) is 0 Å². The number of benzene rings is 1. The van der Waals surface area contributed by atoms with Gasteiger partial charge in [-0.3, -0.25) is 4.79 Å². The second-order valence-corrected chi connectivity index (χ2v) is 5.56. The highest BCUT2D eigenvalue weighted by Gasteiger charge is 2.33. The fraction of sp³-hybridized carbons (Fsp3) is 0.250. The summed E-state index contributed by atoms with van der Waals surface area (Å²) in [6.45, 7) is 2.61. The molecule has 6 heteroatoms. The largest absolute Gasteiger partial charge is 0.486 e. The number of nitrogens with zero attached hydrogens (tertiary/aromatic N) is 1. The highest BCUT2D eigenvalue weighted by atomic mass is 35.5. The van der Waals surface area contributed by atoms with Gasteiger partial charge in [0.2, 0.25) is 0 Å². The predicted octanol–water partition coefficient (Wildman–Crippen LogP) is 2.51. The van der Waals surface area contributed by atoms with Crippen LogP contribution in [0.25, 0.3) is 0 Å². The Balaban J connectivity index is 1.61. The molecule has 0 saturated carbocycles. The molecule has 5 nitrogen and oxygen atoms in total. The molecule has 0 unspecified atom stereocenters. The zero-order valence-corrected chi connectivity index (χ0v) is 12.7. The third kappa shape index (κ3) is 2.99. The number of carbonyl (C=O) groups excluding carboxylic acids is 1. The van der Waals surface area contributed by atoms with Gasteiger partial charge in [-0.2, -0.15) is 0 Å². The second kappa shape index (κ2) is 5.85. The minimum absolute atomic E-state index is 0.116. The Hall–Kier alpha value is -2.27. The van der Waals surface area contributed by atoms with E-state index in [0.29, 0.717) is 35.2 Å². The monoisotopic (exact) mass is 319 g/mol. The van der Waals surface area contributed by atoms with E-state index in [1.807, 2.05) is 0 Å². The summed E-state index contributed by atoms with van der Waals surface area (Å²) in [4.78, 5) is 25.2. The molecule has 1 aliphatic rings. The van der Waals surface area contributed by atoms with Crippen LogP contribution >= 0.6 is 11.6 Å². The van der Waals surface area contributed by atoms with E-state index in [4.69, 9.17) is 20.8 Å². The lowest BCUT2D eigenvalue weighted by Crippen LogP contribution is -2.56. The lowest BCUT2D eigenvalue weighted by atomic mass is 10.1. The summed E-state index contributed by atoms with van der Waals surface area (Å²) >= 11 is 6.02. The maximum Gasteiger partial charge on any atom is 0.339 e. The number of aryl methyl sites for hydroxylation is 1. The van der Waals surface area contributed by atoms with E-state index >= 15 is 0 Å². The summed E-state index contributed by atoms with van der Waals surface area (Å²) in [6.07, 6.45) is -0.132. The molecular formula is C16H14ClNO4. The van der Waals surface area contributed by atoms with Crippen molar-refractivity contribution in [3.05, 3.63) is 63.2 Å². The number of amides is 1. The van der Waals surface area contributed by atoms with Crippen molar-refractivity contribution in [1.29, 1.82) is 0 Å². The molecule has 0 aliphatic carbocycles. The highest BCUT2D eigenvalue weighted by molar-refractivity contribution is 6.33. The predicted molar refractivity (Wildman–Crippen MR) is 81.5 cm³/mol. The normalized spacial score (nSPS) is 14.5. The third-order valence-electron chi connectivity index (χ3n) is 3.41. The molecule has 114 valence electrons. The van der Waals surface area contributed by atoms with Gasteiger partial charge in [0.15, 0.2) is 0 Å². The Kier molecular flexibility index (Phi) is 3.90. The molecule has 22 heavy (non-hydrogen) atoms. The first kappa shape index (κ1) is 14.7. The Morgan fingerprint density at radius 1 is 1.32 bits per heavy atom. The zero-order chi connectivity index (χ0) is 15.7. The van der Waals surface area contributed by atoms with Crippen LogP contribution in [-0.2, 0) is 0 Å². The van der Waals surface area contributed by atoms with Crippen molar-refractivity contribution >= 4 is 17.5 Å². The number of ether oxygens (including phenoxy) is 1. The van der Waals surface area contributed by atoms with E-state index in [0.717, 1.165) is 0 Å². The Morgan fingerprint density at radius 2 is 2.05 bits per heavy atom. The first-order chi connectivity index (χ1) is 10.5. The van der Waals surface area contributed by atoms with Crippen molar-refractivity contribution in [2.24, 2.45) is 0 Å². The van der Waals surface area contributed by atoms with Crippen LogP contribution in [0.15, 0.2) is 45.6 Å². The lowest BCUT2D eigenvalue weighted by molar-refractivity contribution is 0.0175. The maximum absolute atomic E-state index is 12.3. The topological polar surface area (TPSA) is 59.8 Å². The standard InChI is InChI=1S/C16H14ClNO4/c1-10-6-11(7-15(19)21-10)22-12-8-18(9-12)16(20)13-4-2-3-5-14(13)17/h2-7,12H,8-9H2,1H3. The van der Waals surface area contributed by atoms with E-state index in [1.165, 1.54) is 6.07 Å². The van der Waals surface area contributed by atoms with Crippen molar-refractivity contribution in [1.82, 2.24) is 4.90 Å². The van der Waals surface area contributed by atoms with Crippen molar-refractivity contribution in [3.63, 3.8) is 0 Å². The van der Waals surface area contributed by atoms with Gasteiger partial charge in [-0.05, 0) is 19.1 Å². The first-order valence-electron chi connectivity index (χ1n) is 6.85. The van der Waals surface area contributed by atoms with Crippen LogP contribution in [0.5, 0.6) is 5.75 Å². The van der Waals surface area contributed by atoms with E-state index < -0.39 is 5.63 Å². The number of halogens is 1. The second-order valence-electron chi connectivity index (χ2n) is 5.15. The quantitative estimate of drug-likeness (QED) is 0.872. The van der Waals surface area contributed by atoms with Gasteiger partial charge in [0.05, 0.1) is 29.7 Å². The minimum atomic E-state index is -0.446. The average Bonchev–Trinajstić information content (AvgIpc) is 2.41. The van der Waals surface area contributed by atoms with Gasteiger partial charge in [-0.25, -0.2) is 4.79 Å². The van der Waals surface area contributed by atoms with Crippen LogP contribution in [0, 0.1) is 6.92 Å². The van der Waals surface area contributed by atoms with E-state index in [1.54, 1.807) is 42.2 Å². The van der Waals surface area contributed by atoms with Crippen LogP contribution in [0.1, 0.15) is 16.1 Å². The van der Waals surface area contributed by atoms with Crippen LogP contribution in [0.2, 0.25) is 5.02 Å². The van der Waals surface area contributed by atoms with E-state index in [9.17, 15) is 9.59 Å². The van der Waals surface area contributed by atoms with E-state index in [-0.39, 0.29) is 12.0 Å². The Bertz CT molecular complexity index is 765. The van der Waals surface area contributed by atoms with Gasteiger partial charge in [0, 0.05) is 6.07 Å². The van der Waals surface area contributed by atoms with Crippen LogP contribution in [0.4, 0.5) is 0 Å². The molecule has 0 atom stereocenters. The number of hydrogen-bond acceptors (Lipinski definition) is 4. The van der Waals surface area contributed by atoms with Gasteiger partial charge in [-0.1, -0.05) is 23.7 Å². The molecule has 1 aromatic heterocycles. The Morgan fingerprint density at radius 3 is 2.73 bits per heavy atom. The summed E-state index contributed by atoms with van der Waals surface area (Å²) in [7, 11) is 0. The molecule has 0 N–H and O–H groups in total. The molecule has 1 aliphatic heterocycles. The molecule has 2 heterocycles. The smallest absolute Gasteiger partial charge is 0.339 e. The number of hydrogen-bond donors (Lipinski definition) is 0. The lowest BCUT2D eigenvalue weighted by Gasteiger charge is -2.39. The van der Waals surface area contributed by atoms with Gasteiger partial charge < -0.3 is 14.1 Å². The summed E-state index contributed by atoms with van der Waals surface area (Å²) in [5.74, 6) is 0.837. The molecule has 0 bridgehead atoms. The molecule has 1 amide bonds. The fourth-order valence-corrected chi connectivity index (χ4v) is 2.54. The van der Waals surface area contributed by atoms with Crippen molar-refractivity contribution < 1.29 is 13.9 Å². The van der Waals surface area contributed by atoms with E-state index in [2.05, 4.69) is 0 Å². The third-order valence-corrected chi connectivity index (χ3v) is 3.74. The molecule has 3 rings (SSSR count). The van der Waals surface area contributed by atoms with Crippen molar-refractivity contribution in [2.45, 2.75) is 13.0 Å². The van der Waals surface area contributed by atoms with Crippen LogP contribution < -0.4 is 10.4 Å². The van der Waals surface area contributed by atoms with Crippen LogP contribution in [-0.4, -0.2) is 30.0 Å². The maximum atomic E-state index is 12.3. The fourth-order valence-electron chi connectivity index (χ4n) is 2.32. The summed E-state index contributed by atoms with van der Waals surface area (Å²) in [5, 5.41) is 0.438. The van der Waals surface area contributed by atoms with Crippen molar-refractivity contribution in [3.8, 4) is 5.75 Å². The zero-order valence-electron chi connectivity index (χ0n) is 11.9. The highest BCUT2D eigenvalue weighted by Crippen LogP contribution is 2.22. The summed E-state index contributed by atoms with van der Waals surface area (Å²) in [6, 6.07) is 9.90. The Labute approximate surface area is 132 Å². The molecular weight excluding hydrogens is 306 g/mol. The molecule has 1 fully saturated rings. The van der Waals surface area contributed by atoms with Gasteiger partial charge >= 0.3 is 5.63 Å². The number of carbonyl (C=O) groups is 1. The molecule has 1 saturated heterocycles. The molecule has 2 aromatic rings. The SMILES string of the molecule is Cc1cc(OC2CN(C(=O)c3ccccc3Cl)C2)cc(=O)o1. The number of rotatable bonds is 3. The number of likely N-dealkylation sites (tertiary alicyclic amines) is 1. The van der Waals surface area contributed by atoms with Crippen LogP contribution in [0.3, 0.4) is 0 Å². The minimum Gasteiger partial charge on any atom is -0.486 e. The summed E-state index contributed by atoms with van der Waals surface area (Å²) < 4.78 is 10.5. The van der Waals surface area contributed by atoms with Crippen molar-refractivity contribution in [2.75, 3.05) is 13.1 Å².